The summed E-state index contributed by atoms with van der Waals surface area (Å²) in [7, 11) is 0. The lowest BCUT2D eigenvalue weighted by atomic mass is 9.79. The van der Waals surface area contributed by atoms with Crippen LogP contribution in [0.25, 0.3) is 0 Å². The van der Waals surface area contributed by atoms with Crippen molar-refractivity contribution in [1.82, 2.24) is 5.32 Å². The second-order valence-electron chi connectivity index (χ2n) is 5.01. The lowest BCUT2D eigenvalue weighted by Gasteiger charge is -2.44. The van der Waals surface area contributed by atoms with Crippen molar-refractivity contribution in [3.63, 3.8) is 0 Å². The van der Waals surface area contributed by atoms with Gasteiger partial charge >= 0.3 is 0 Å². The minimum Gasteiger partial charge on any atom is -0.380 e. The van der Waals surface area contributed by atoms with Gasteiger partial charge in [-0.3, -0.25) is 0 Å². The molecule has 0 aromatic rings. The van der Waals surface area contributed by atoms with Crippen molar-refractivity contribution in [2.45, 2.75) is 33.6 Å². The Labute approximate surface area is 82.0 Å². The van der Waals surface area contributed by atoms with E-state index in [2.05, 4.69) is 26.1 Å². The average Bonchev–Trinajstić information content (AvgIpc) is 2.02. The number of rotatable bonds is 0. The maximum atomic E-state index is 5.18. The summed E-state index contributed by atoms with van der Waals surface area (Å²) >= 11 is 0. The third kappa shape index (κ3) is 3.65. The Morgan fingerprint density at radius 2 is 1.85 bits per heavy atom. The van der Waals surface area contributed by atoms with E-state index < -0.39 is 0 Å². The number of hydrogen-bond acceptors (Lipinski definition) is 2. The third-order valence-corrected chi connectivity index (χ3v) is 2.38. The van der Waals surface area contributed by atoms with Gasteiger partial charge in [-0.15, -0.1) is 0 Å². The van der Waals surface area contributed by atoms with Crippen LogP contribution in [-0.2, 0) is 4.74 Å². The molecule has 0 aromatic heterocycles. The van der Waals surface area contributed by atoms with Crippen molar-refractivity contribution in [3.8, 4) is 0 Å². The first-order valence-electron chi connectivity index (χ1n) is 5.43. The number of nitrogens with one attached hydrogen (secondary N) is 1. The molecule has 0 radical (unpaired) electrons. The molecular formula is C11H23NO. The van der Waals surface area contributed by atoms with Crippen molar-refractivity contribution >= 4 is 0 Å². The van der Waals surface area contributed by atoms with Crippen LogP contribution in [0.5, 0.6) is 0 Å². The van der Waals surface area contributed by atoms with E-state index in [0.29, 0.717) is 5.41 Å². The zero-order valence-electron chi connectivity index (χ0n) is 9.23. The van der Waals surface area contributed by atoms with Crippen molar-refractivity contribution in [1.29, 1.82) is 0 Å². The third-order valence-electron chi connectivity index (χ3n) is 2.38. The Morgan fingerprint density at radius 1 is 1.23 bits per heavy atom. The van der Waals surface area contributed by atoms with Gasteiger partial charge in [0.15, 0.2) is 0 Å². The summed E-state index contributed by atoms with van der Waals surface area (Å²) in [5.41, 5.74) is 0.568. The molecule has 0 aliphatic carbocycles. The van der Waals surface area contributed by atoms with Crippen molar-refractivity contribution in [3.05, 3.63) is 0 Å². The highest BCUT2D eigenvalue weighted by Crippen LogP contribution is 2.33. The highest BCUT2D eigenvalue weighted by molar-refractivity contribution is 4.90. The Hall–Kier alpha value is -0.0800. The fraction of sp³-hybridized carbons (Fsp3) is 1.00. The normalized spacial score (nSPS) is 24.9. The first-order chi connectivity index (χ1) is 6.15. The van der Waals surface area contributed by atoms with Gasteiger partial charge in [0.25, 0.3) is 0 Å². The number of hydrogen-bond donors (Lipinski definition) is 1. The molecule has 2 fully saturated rings. The molecule has 78 valence electrons. The van der Waals surface area contributed by atoms with Gasteiger partial charge in [-0.2, -0.15) is 0 Å². The van der Waals surface area contributed by atoms with Gasteiger partial charge in [-0.25, -0.2) is 0 Å². The van der Waals surface area contributed by atoms with Crippen LogP contribution in [0.15, 0.2) is 0 Å². The average molecular weight is 185 g/mol. The molecule has 2 aliphatic heterocycles. The van der Waals surface area contributed by atoms with E-state index in [1.165, 1.54) is 25.9 Å². The standard InChI is InChI=1S/C7H13NO.C4H10/c1-2-7(4-8-3-1)5-9-6-7;1-4(2)3/h8H,1-6H2;4H,1-3H3. The van der Waals surface area contributed by atoms with Crippen molar-refractivity contribution < 1.29 is 4.74 Å². The number of ether oxygens (including phenoxy) is 1. The Bertz CT molecular complexity index is 130. The molecule has 1 spiro atoms. The van der Waals surface area contributed by atoms with Gasteiger partial charge in [-0.1, -0.05) is 20.8 Å². The number of piperidine rings is 1. The fourth-order valence-electron chi connectivity index (χ4n) is 1.67. The highest BCUT2D eigenvalue weighted by atomic mass is 16.5. The molecule has 0 amide bonds. The Balaban J connectivity index is 0.000000184. The Morgan fingerprint density at radius 3 is 2.08 bits per heavy atom. The zero-order valence-corrected chi connectivity index (χ0v) is 9.23. The molecule has 13 heavy (non-hydrogen) atoms. The van der Waals surface area contributed by atoms with Gasteiger partial charge in [0, 0.05) is 12.0 Å². The van der Waals surface area contributed by atoms with E-state index in [-0.39, 0.29) is 0 Å². The summed E-state index contributed by atoms with van der Waals surface area (Å²) in [6, 6.07) is 0. The van der Waals surface area contributed by atoms with Gasteiger partial charge in [0.2, 0.25) is 0 Å². The lowest BCUT2D eigenvalue weighted by Crippen LogP contribution is -2.52. The van der Waals surface area contributed by atoms with Gasteiger partial charge < -0.3 is 10.1 Å². The molecule has 2 heteroatoms. The molecule has 0 aromatic carbocycles. The maximum absolute atomic E-state index is 5.18. The van der Waals surface area contributed by atoms with E-state index in [0.717, 1.165) is 19.1 Å². The SMILES string of the molecule is C1CNCC2(C1)COC2.CC(C)C. The molecule has 0 atom stereocenters. The van der Waals surface area contributed by atoms with Crippen LogP contribution in [0.3, 0.4) is 0 Å². The highest BCUT2D eigenvalue weighted by Gasteiger charge is 2.39. The molecule has 0 unspecified atom stereocenters. The quantitative estimate of drug-likeness (QED) is 0.623. The summed E-state index contributed by atoms with van der Waals surface area (Å²) in [6.07, 6.45) is 2.71. The van der Waals surface area contributed by atoms with Crippen LogP contribution in [0.1, 0.15) is 33.6 Å². The molecule has 2 nitrogen and oxygen atoms in total. The lowest BCUT2D eigenvalue weighted by molar-refractivity contribution is -0.122. The van der Waals surface area contributed by atoms with E-state index in [4.69, 9.17) is 4.74 Å². The van der Waals surface area contributed by atoms with Crippen LogP contribution >= 0.6 is 0 Å². The molecule has 2 rings (SSSR count). The second kappa shape index (κ2) is 4.97. The van der Waals surface area contributed by atoms with Crippen molar-refractivity contribution in [2.75, 3.05) is 26.3 Å². The van der Waals surface area contributed by atoms with E-state index in [9.17, 15) is 0 Å². The van der Waals surface area contributed by atoms with Gasteiger partial charge in [0.05, 0.1) is 13.2 Å². The first-order valence-corrected chi connectivity index (χ1v) is 5.43. The molecule has 2 aliphatic rings. The van der Waals surface area contributed by atoms with E-state index in [1.54, 1.807) is 0 Å². The summed E-state index contributed by atoms with van der Waals surface area (Å²) in [4.78, 5) is 0. The summed E-state index contributed by atoms with van der Waals surface area (Å²) in [6.45, 7) is 10.9. The van der Waals surface area contributed by atoms with Crippen LogP contribution in [0, 0.1) is 11.3 Å². The topological polar surface area (TPSA) is 21.3 Å². The molecule has 2 heterocycles. The smallest absolute Gasteiger partial charge is 0.0557 e. The zero-order chi connectivity index (χ0) is 9.73. The minimum atomic E-state index is 0.568. The fourth-order valence-corrected chi connectivity index (χ4v) is 1.67. The van der Waals surface area contributed by atoms with E-state index in [1.807, 2.05) is 0 Å². The first kappa shape index (κ1) is 11.0. The van der Waals surface area contributed by atoms with Crippen LogP contribution in [0.2, 0.25) is 0 Å². The second-order valence-corrected chi connectivity index (χ2v) is 5.01. The maximum Gasteiger partial charge on any atom is 0.0557 e. The van der Waals surface area contributed by atoms with Crippen LogP contribution in [0.4, 0.5) is 0 Å². The van der Waals surface area contributed by atoms with E-state index >= 15 is 0 Å². The predicted octanol–water partition coefficient (Wildman–Crippen LogP) is 2.05. The van der Waals surface area contributed by atoms with Gasteiger partial charge in [-0.05, 0) is 25.3 Å². The molecule has 2 saturated heterocycles. The van der Waals surface area contributed by atoms with Crippen LogP contribution < -0.4 is 5.32 Å². The summed E-state index contributed by atoms with van der Waals surface area (Å²) in [5, 5.41) is 3.40. The van der Waals surface area contributed by atoms with Gasteiger partial charge in [0.1, 0.15) is 0 Å². The largest absolute Gasteiger partial charge is 0.380 e. The minimum absolute atomic E-state index is 0.568. The Kier molecular flexibility index (Phi) is 4.20. The van der Waals surface area contributed by atoms with Crippen molar-refractivity contribution in [2.24, 2.45) is 11.3 Å². The molecule has 0 saturated carbocycles. The monoisotopic (exact) mass is 185 g/mol. The summed E-state index contributed by atoms with van der Waals surface area (Å²) in [5.74, 6) is 0.833. The molecule has 0 bridgehead atoms. The van der Waals surface area contributed by atoms with Crippen LogP contribution in [-0.4, -0.2) is 26.3 Å². The summed E-state index contributed by atoms with van der Waals surface area (Å²) < 4.78 is 5.18. The molecule has 1 N–H and O–H groups in total. The predicted molar refractivity (Wildman–Crippen MR) is 55.9 cm³/mol. The molecular weight excluding hydrogens is 162 g/mol.